The van der Waals surface area contributed by atoms with Gasteiger partial charge in [0.1, 0.15) is 0 Å². The van der Waals surface area contributed by atoms with Crippen LogP contribution in [-0.4, -0.2) is 35.1 Å². The minimum atomic E-state index is 0.0112. The molecule has 1 saturated heterocycles. The Labute approximate surface area is 135 Å². The van der Waals surface area contributed by atoms with Crippen molar-refractivity contribution < 1.29 is 9.90 Å². The van der Waals surface area contributed by atoms with Crippen LogP contribution >= 0.6 is 15.9 Å². The van der Waals surface area contributed by atoms with Crippen molar-refractivity contribution in [2.45, 2.75) is 51.0 Å². The van der Waals surface area contributed by atoms with Crippen LogP contribution in [0.5, 0.6) is 0 Å². The maximum absolute atomic E-state index is 12.6. The third-order valence-corrected chi connectivity index (χ3v) is 4.86. The van der Waals surface area contributed by atoms with E-state index in [1.54, 1.807) is 0 Å². The summed E-state index contributed by atoms with van der Waals surface area (Å²) in [5, 5.41) is 9.52. The van der Waals surface area contributed by atoms with Gasteiger partial charge in [0.2, 0.25) is 5.91 Å². The maximum atomic E-state index is 12.6. The van der Waals surface area contributed by atoms with Gasteiger partial charge in [-0.15, -0.1) is 0 Å². The fourth-order valence-corrected chi connectivity index (χ4v) is 3.25. The Morgan fingerprint density at radius 1 is 1.33 bits per heavy atom. The van der Waals surface area contributed by atoms with Crippen LogP contribution in [0.4, 0.5) is 0 Å². The van der Waals surface area contributed by atoms with E-state index >= 15 is 0 Å². The minimum absolute atomic E-state index is 0.0112. The van der Waals surface area contributed by atoms with Crippen molar-refractivity contribution in [2.75, 3.05) is 13.2 Å². The van der Waals surface area contributed by atoms with Gasteiger partial charge in [-0.2, -0.15) is 0 Å². The van der Waals surface area contributed by atoms with Crippen molar-refractivity contribution >= 4 is 21.8 Å². The molecular formula is C17H24BrNO2. The fourth-order valence-electron chi connectivity index (χ4n) is 2.98. The molecule has 1 aliphatic rings. The Morgan fingerprint density at radius 2 is 2.05 bits per heavy atom. The van der Waals surface area contributed by atoms with Crippen LogP contribution < -0.4 is 0 Å². The van der Waals surface area contributed by atoms with Gasteiger partial charge in [0, 0.05) is 17.4 Å². The Bertz CT molecular complexity index is 460. The van der Waals surface area contributed by atoms with E-state index < -0.39 is 0 Å². The van der Waals surface area contributed by atoms with Gasteiger partial charge in [-0.1, -0.05) is 47.8 Å². The van der Waals surface area contributed by atoms with Gasteiger partial charge in [-0.05, 0) is 36.5 Å². The lowest BCUT2D eigenvalue weighted by molar-refractivity contribution is -0.134. The molecule has 0 saturated carbocycles. The molecule has 0 aromatic heterocycles. The third kappa shape index (κ3) is 4.55. The molecule has 3 nitrogen and oxygen atoms in total. The highest BCUT2D eigenvalue weighted by Crippen LogP contribution is 2.24. The molecule has 0 radical (unpaired) electrons. The first-order valence-corrected chi connectivity index (χ1v) is 8.57. The average molecular weight is 354 g/mol. The van der Waals surface area contributed by atoms with Gasteiger partial charge in [0.05, 0.1) is 12.6 Å². The zero-order valence-electron chi connectivity index (χ0n) is 12.6. The fraction of sp³-hybridized carbons (Fsp3) is 0.588. The number of benzene rings is 1. The Balaban J connectivity index is 2.00. The number of halogens is 1. The summed E-state index contributed by atoms with van der Waals surface area (Å²) in [6, 6.07) is 8.16. The summed E-state index contributed by atoms with van der Waals surface area (Å²) in [4.78, 5) is 14.5. The molecule has 1 aromatic rings. The number of amides is 1. The van der Waals surface area contributed by atoms with E-state index in [1.165, 1.54) is 5.56 Å². The number of rotatable bonds is 4. The SMILES string of the molecule is CC(CC(=O)N1CCCCCC1CO)c1ccc(Br)cc1. The van der Waals surface area contributed by atoms with E-state index in [2.05, 4.69) is 35.0 Å². The van der Waals surface area contributed by atoms with Crippen LogP contribution in [0.3, 0.4) is 0 Å². The zero-order valence-corrected chi connectivity index (χ0v) is 14.2. The summed E-state index contributed by atoms with van der Waals surface area (Å²) in [7, 11) is 0. The van der Waals surface area contributed by atoms with Crippen molar-refractivity contribution in [1.29, 1.82) is 0 Å². The molecule has 1 heterocycles. The largest absolute Gasteiger partial charge is 0.394 e. The van der Waals surface area contributed by atoms with Gasteiger partial charge in [-0.25, -0.2) is 0 Å². The number of aliphatic hydroxyl groups excluding tert-OH is 1. The molecule has 0 aliphatic carbocycles. The third-order valence-electron chi connectivity index (χ3n) is 4.33. The highest BCUT2D eigenvalue weighted by atomic mass is 79.9. The highest BCUT2D eigenvalue weighted by molar-refractivity contribution is 9.10. The molecule has 2 unspecified atom stereocenters. The van der Waals surface area contributed by atoms with Gasteiger partial charge in [0.25, 0.3) is 0 Å². The number of carbonyl (C=O) groups excluding carboxylic acids is 1. The van der Waals surface area contributed by atoms with Crippen LogP contribution in [0.25, 0.3) is 0 Å². The second kappa shape index (κ2) is 7.95. The first kappa shape index (κ1) is 16.5. The first-order valence-electron chi connectivity index (χ1n) is 7.77. The van der Waals surface area contributed by atoms with Crippen LogP contribution in [0, 0.1) is 0 Å². The number of nitrogens with zero attached hydrogens (tertiary/aromatic N) is 1. The molecule has 4 heteroatoms. The second-order valence-corrected chi connectivity index (χ2v) is 6.85. The molecule has 1 aliphatic heterocycles. The number of hydrogen-bond acceptors (Lipinski definition) is 2. The summed E-state index contributed by atoms with van der Waals surface area (Å²) >= 11 is 3.43. The zero-order chi connectivity index (χ0) is 15.2. The maximum Gasteiger partial charge on any atom is 0.223 e. The van der Waals surface area contributed by atoms with Crippen molar-refractivity contribution in [3.63, 3.8) is 0 Å². The van der Waals surface area contributed by atoms with E-state index in [9.17, 15) is 9.90 Å². The summed E-state index contributed by atoms with van der Waals surface area (Å²) in [5.74, 6) is 0.375. The molecule has 0 bridgehead atoms. The van der Waals surface area contributed by atoms with Gasteiger partial charge in [-0.3, -0.25) is 4.79 Å². The lowest BCUT2D eigenvalue weighted by atomic mass is 9.97. The van der Waals surface area contributed by atoms with Crippen molar-refractivity contribution in [1.82, 2.24) is 4.90 Å². The van der Waals surface area contributed by atoms with Crippen LogP contribution in [-0.2, 0) is 4.79 Å². The summed E-state index contributed by atoms with van der Waals surface area (Å²) in [6.45, 7) is 2.96. The molecule has 21 heavy (non-hydrogen) atoms. The van der Waals surface area contributed by atoms with Crippen molar-refractivity contribution in [2.24, 2.45) is 0 Å². The molecular weight excluding hydrogens is 330 g/mol. The van der Waals surface area contributed by atoms with Crippen molar-refractivity contribution in [3.8, 4) is 0 Å². The predicted molar refractivity (Wildman–Crippen MR) is 88.2 cm³/mol. The molecule has 1 fully saturated rings. The van der Waals surface area contributed by atoms with Crippen LogP contribution in [0.2, 0.25) is 0 Å². The first-order chi connectivity index (χ1) is 10.1. The molecule has 2 rings (SSSR count). The Hall–Kier alpha value is -0.870. The summed E-state index contributed by atoms with van der Waals surface area (Å²) in [5.41, 5.74) is 1.18. The molecule has 116 valence electrons. The highest BCUT2D eigenvalue weighted by Gasteiger charge is 2.25. The number of likely N-dealkylation sites (tertiary alicyclic amines) is 1. The van der Waals surface area contributed by atoms with Gasteiger partial charge < -0.3 is 10.0 Å². The topological polar surface area (TPSA) is 40.5 Å². The predicted octanol–water partition coefficient (Wildman–Crippen LogP) is 3.71. The monoisotopic (exact) mass is 353 g/mol. The second-order valence-electron chi connectivity index (χ2n) is 5.93. The molecule has 2 atom stereocenters. The number of aliphatic hydroxyl groups is 1. The summed E-state index contributed by atoms with van der Waals surface area (Å²) in [6.07, 6.45) is 4.75. The quantitative estimate of drug-likeness (QED) is 0.896. The Morgan fingerprint density at radius 3 is 2.71 bits per heavy atom. The lowest BCUT2D eigenvalue weighted by Crippen LogP contribution is -2.42. The van der Waals surface area contributed by atoms with Crippen molar-refractivity contribution in [3.05, 3.63) is 34.3 Å². The normalized spacial score (nSPS) is 20.9. The van der Waals surface area contributed by atoms with E-state index in [4.69, 9.17) is 0 Å². The lowest BCUT2D eigenvalue weighted by Gasteiger charge is -2.29. The average Bonchev–Trinajstić information content (AvgIpc) is 2.72. The Kier molecular flexibility index (Phi) is 6.24. The summed E-state index contributed by atoms with van der Waals surface area (Å²) < 4.78 is 1.05. The van der Waals surface area contributed by atoms with E-state index in [-0.39, 0.29) is 24.5 Å². The molecule has 1 amide bonds. The molecule has 1 N–H and O–H groups in total. The standard InChI is InChI=1S/C17H24BrNO2/c1-13(14-6-8-15(18)9-7-14)11-17(21)19-10-4-2-3-5-16(19)12-20/h6-9,13,16,20H,2-5,10-12H2,1H3. The number of hydrogen-bond donors (Lipinski definition) is 1. The minimum Gasteiger partial charge on any atom is -0.394 e. The van der Waals surface area contributed by atoms with E-state index in [0.717, 1.165) is 36.7 Å². The smallest absolute Gasteiger partial charge is 0.223 e. The van der Waals surface area contributed by atoms with Crippen LogP contribution in [0.15, 0.2) is 28.7 Å². The van der Waals surface area contributed by atoms with E-state index in [0.29, 0.717) is 6.42 Å². The molecule has 1 aromatic carbocycles. The van der Waals surface area contributed by atoms with Gasteiger partial charge in [0.15, 0.2) is 0 Å². The number of carbonyl (C=O) groups is 1. The van der Waals surface area contributed by atoms with E-state index in [1.807, 2.05) is 17.0 Å². The van der Waals surface area contributed by atoms with Crippen LogP contribution in [0.1, 0.15) is 50.5 Å². The molecule has 0 spiro atoms. The van der Waals surface area contributed by atoms with Gasteiger partial charge >= 0.3 is 0 Å².